The predicted octanol–water partition coefficient (Wildman–Crippen LogP) is 3.31. The lowest BCUT2D eigenvalue weighted by atomic mass is 10.2. The van der Waals surface area contributed by atoms with Crippen LogP contribution in [0.15, 0.2) is 48.5 Å². The predicted molar refractivity (Wildman–Crippen MR) is 94.0 cm³/mol. The topological polar surface area (TPSA) is 70.6 Å². The van der Waals surface area contributed by atoms with Gasteiger partial charge in [0, 0.05) is 17.3 Å². The summed E-state index contributed by atoms with van der Waals surface area (Å²) in [5.74, 6) is 0.501. The van der Waals surface area contributed by atoms with Gasteiger partial charge in [-0.15, -0.1) is 0 Å². The Bertz CT molecular complexity index is 699. The van der Waals surface area contributed by atoms with E-state index in [4.69, 9.17) is 17.0 Å². The number of hydrogen-bond acceptors (Lipinski definition) is 4. The van der Waals surface area contributed by atoms with Crippen molar-refractivity contribution in [3.05, 3.63) is 54.1 Å². The number of nitrogens with one attached hydrogen (secondary N) is 2. The maximum Gasteiger partial charge on any atom is 0.257 e. The smallest absolute Gasteiger partial charge is 0.257 e. The summed E-state index contributed by atoms with van der Waals surface area (Å²) in [5, 5.41) is 15.0. The fraction of sp³-hybridized carbons (Fsp3) is 0.176. The number of ether oxygens (including phenoxy) is 1. The largest absolute Gasteiger partial charge is 0.508 e. The zero-order valence-corrected chi connectivity index (χ0v) is 13.7. The van der Waals surface area contributed by atoms with Crippen molar-refractivity contribution >= 4 is 28.9 Å². The van der Waals surface area contributed by atoms with Crippen LogP contribution >= 0.6 is 12.2 Å². The van der Waals surface area contributed by atoms with Crippen molar-refractivity contribution < 1.29 is 14.6 Å². The molecule has 0 saturated carbocycles. The molecule has 0 radical (unpaired) electrons. The molecule has 0 unspecified atom stereocenters. The number of hydrogen-bond donors (Lipinski definition) is 3. The summed E-state index contributed by atoms with van der Waals surface area (Å²) >= 11 is 5.09. The maximum absolute atomic E-state index is 12.1. The molecule has 0 aliphatic heterocycles. The fourth-order valence-electron chi connectivity index (χ4n) is 1.88. The standard InChI is InChI=1S/C17H18N2O3S/c1-11(2)22-15-8-6-12(7-9-15)16(21)19-17(23)18-13-4-3-5-14(20)10-13/h3-11,20H,1-2H3,(H2,18,19,21,23). The summed E-state index contributed by atoms with van der Waals surface area (Å²) in [6.07, 6.45) is 0.0775. The van der Waals surface area contributed by atoms with Gasteiger partial charge >= 0.3 is 0 Å². The first-order chi connectivity index (χ1) is 10.9. The van der Waals surface area contributed by atoms with Gasteiger partial charge in [-0.2, -0.15) is 0 Å². The monoisotopic (exact) mass is 330 g/mol. The molecular formula is C17H18N2O3S. The summed E-state index contributed by atoms with van der Waals surface area (Å²) in [4.78, 5) is 12.1. The summed E-state index contributed by atoms with van der Waals surface area (Å²) in [5.41, 5.74) is 1.07. The highest BCUT2D eigenvalue weighted by Crippen LogP contribution is 2.16. The van der Waals surface area contributed by atoms with E-state index in [0.717, 1.165) is 0 Å². The van der Waals surface area contributed by atoms with E-state index >= 15 is 0 Å². The highest BCUT2D eigenvalue weighted by molar-refractivity contribution is 7.80. The number of carbonyl (C=O) groups is 1. The van der Waals surface area contributed by atoms with Crippen LogP contribution in [0.3, 0.4) is 0 Å². The Labute approximate surface area is 140 Å². The lowest BCUT2D eigenvalue weighted by Gasteiger charge is -2.11. The third-order valence-electron chi connectivity index (χ3n) is 2.82. The summed E-state index contributed by atoms with van der Waals surface area (Å²) < 4.78 is 5.53. The molecule has 1 amide bonds. The third kappa shape index (κ3) is 5.27. The second kappa shape index (κ2) is 7.60. The number of anilines is 1. The Kier molecular flexibility index (Phi) is 5.54. The van der Waals surface area contributed by atoms with Gasteiger partial charge in [0.1, 0.15) is 11.5 Å². The van der Waals surface area contributed by atoms with Gasteiger partial charge in [0.05, 0.1) is 6.10 Å². The van der Waals surface area contributed by atoms with E-state index in [9.17, 15) is 9.90 Å². The molecule has 0 aliphatic rings. The van der Waals surface area contributed by atoms with Gasteiger partial charge in [0.15, 0.2) is 5.11 Å². The van der Waals surface area contributed by atoms with E-state index < -0.39 is 0 Å². The van der Waals surface area contributed by atoms with Gasteiger partial charge in [-0.3, -0.25) is 10.1 Å². The molecule has 5 nitrogen and oxygen atoms in total. The molecular weight excluding hydrogens is 312 g/mol. The molecule has 0 fully saturated rings. The van der Waals surface area contributed by atoms with Crippen LogP contribution in [0.2, 0.25) is 0 Å². The number of thiocarbonyl (C=S) groups is 1. The highest BCUT2D eigenvalue weighted by atomic mass is 32.1. The molecule has 0 heterocycles. The van der Waals surface area contributed by atoms with Gasteiger partial charge in [0.2, 0.25) is 0 Å². The number of phenolic OH excluding ortho intramolecular Hbond substituents is 1. The number of phenols is 1. The van der Waals surface area contributed by atoms with Crippen LogP contribution in [-0.2, 0) is 0 Å². The molecule has 2 aromatic carbocycles. The van der Waals surface area contributed by atoms with Crippen molar-refractivity contribution in [2.45, 2.75) is 20.0 Å². The van der Waals surface area contributed by atoms with Crippen molar-refractivity contribution in [2.75, 3.05) is 5.32 Å². The zero-order valence-electron chi connectivity index (χ0n) is 12.9. The second-order valence-electron chi connectivity index (χ2n) is 5.15. The van der Waals surface area contributed by atoms with E-state index in [0.29, 0.717) is 17.0 Å². The lowest BCUT2D eigenvalue weighted by Crippen LogP contribution is -2.34. The molecule has 120 valence electrons. The molecule has 0 bridgehead atoms. The Morgan fingerprint density at radius 3 is 2.48 bits per heavy atom. The Balaban J connectivity index is 1.94. The van der Waals surface area contributed by atoms with Crippen LogP contribution in [0.4, 0.5) is 5.69 Å². The second-order valence-corrected chi connectivity index (χ2v) is 5.56. The van der Waals surface area contributed by atoms with Crippen LogP contribution in [0.5, 0.6) is 11.5 Å². The van der Waals surface area contributed by atoms with E-state index in [2.05, 4.69) is 10.6 Å². The van der Waals surface area contributed by atoms with E-state index in [1.165, 1.54) is 6.07 Å². The SMILES string of the molecule is CC(C)Oc1ccc(C(=O)NC(=S)Nc2cccc(O)c2)cc1. The van der Waals surface area contributed by atoms with Crippen molar-refractivity contribution in [3.63, 3.8) is 0 Å². The number of amides is 1. The van der Waals surface area contributed by atoms with Crippen LogP contribution in [0.25, 0.3) is 0 Å². The normalized spacial score (nSPS) is 10.2. The van der Waals surface area contributed by atoms with Crippen LogP contribution in [0, 0.1) is 0 Å². The van der Waals surface area contributed by atoms with Crippen molar-refractivity contribution in [1.82, 2.24) is 5.32 Å². The molecule has 6 heteroatoms. The first-order valence-electron chi connectivity index (χ1n) is 7.12. The van der Waals surface area contributed by atoms with Crippen molar-refractivity contribution in [1.29, 1.82) is 0 Å². The first kappa shape index (κ1) is 16.8. The quantitative estimate of drug-likeness (QED) is 0.750. The van der Waals surface area contributed by atoms with E-state index in [-0.39, 0.29) is 22.9 Å². The van der Waals surface area contributed by atoms with Gasteiger partial charge < -0.3 is 15.2 Å². The van der Waals surface area contributed by atoms with Crippen LogP contribution in [0.1, 0.15) is 24.2 Å². The Hall–Kier alpha value is -2.60. The number of aromatic hydroxyl groups is 1. The number of rotatable bonds is 4. The average Bonchev–Trinajstić information content (AvgIpc) is 2.47. The maximum atomic E-state index is 12.1. The summed E-state index contributed by atoms with van der Waals surface area (Å²) in [6.45, 7) is 3.87. The Morgan fingerprint density at radius 2 is 1.87 bits per heavy atom. The molecule has 0 aliphatic carbocycles. The summed E-state index contributed by atoms with van der Waals surface area (Å²) in [6, 6.07) is 13.3. The summed E-state index contributed by atoms with van der Waals surface area (Å²) in [7, 11) is 0. The third-order valence-corrected chi connectivity index (χ3v) is 3.02. The molecule has 3 N–H and O–H groups in total. The van der Waals surface area contributed by atoms with Crippen molar-refractivity contribution in [2.24, 2.45) is 0 Å². The highest BCUT2D eigenvalue weighted by Gasteiger charge is 2.08. The minimum atomic E-state index is -0.321. The van der Waals surface area contributed by atoms with Gasteiger partial charge in [-0.05, 0) is 62.5 Å². The number of benzene rings is 2. The average molecular weight is 330 g/mol. The molecule has 0 atom stereocenters. The fourth-order valence-corrected chi connectivity index (χ4v) is 2.09. The molecule has 0 saturated heterocycles. The number of carbonyl (C=O) groups excluding carboxylic acids is 1. The van der Waals surface area contributed by atoms with E-state index in [1.807, 2.05) is 13.8 Å². The molecule has 2 aromatic rings. The minimum Gasteiger partial charge on any atom is -0.508 e. The van der Waals surface area contributed by atoms with Gasteiger partial charge in [0.25, 0.3) is 5.91 Å². The van der Waals surface area contributed by atoms with Gasteiger partial charge in [-0.25, -0.2) is 0 Å². The zero-order chi connectivity index (χ0) is 16.8. The first-order valence-corrected chi connectivity index (χ1v) is 7.53. The lowest BCUT2D eigenvalue weighted by molar-refractivity contribution is 0.0977. The molecule has 0 aromatic heterocycles. The minimum absolute atomic E-state index is 0.0775. The van der Waals surface area contributed by atoms with E-state index in [1.54, 1.807) is 42.5 Å². The van der Waals surface area contributed by atoms with Crippen molar-refractivity contribution in [3.8, 4) is 11.5 Å². The Morgan fingerprint density at radius 1 is 1.17 bits per heavy atom. The van der Waals surface area contributed by atoms with Crippen LogP contribution < -0.4 is 15.4 Å². The molecule has 2 rings (SSSR count). The van der Waals surface area contributed by atoms with Gasteiger partial charge in [-0.1, -0.05) is 6.07 Å². The molecule has 0 spiro atoms. The van der Waals surface area contributed by atoms with Crippen LogP contribution in [-0.4, -0.2) is 22.2 Å². The molecule has 23 heavy (non-hydrogen) atoms.